The molecule has 2 bridgehead atoms. The molecular formula is C19H26O. The van der Waals surface area contributed by atoms with Crippen molar-refractivity contribution in [3.05, 3.63) is 28.8 Å². The van der Waals surface area contributed by atoms with Crippen LogP contribution in [-0.4, -0.2) is 5.11 Å². The molecule has 0 amide bonds. The molecule has 0 radical (unpaired) electrons. The third kappa shape index (κ3) is 1.61. The third-order valence-electron chi connectivity index (χ3n) is 6.72. The minimum Gasteiger partial charge on any atom is -0.507 e. The number of aromatic hydroxyl groups is 1. The van der Waals surface area contributed by atoms with Crippen LogP contribution in [0.5, 0.6) is 5.75 Å². The van der Waals surface area contributed by atoms with E-state index < -0.39 is 0 Å². The summed E-state index contributed by atoms with van der Waals surface area (Å²) in [6.45, 7) is 6.66. The summed E-state index contributed by atoms with van der Waals surface area (Å²) in [6, 6.07) is 4.36. The quantitative estimate of drug-likeness (QED) is 0.777. The van der Waals surface area contributed by atoms with Crippen LogP contribution in [0.15, 0.2) is 12.1 Å². The van der Waals surface area contributed by atoms with Gasteiger partial charge in [-0.2, -0.15) is 0 Å². The summed E-state index contributed by atoms with van der Waals surface area (Å²) < 4.78 is 0. The summed E-state index contributed by atoms with van der Waals surface area (Å²) in [4.78, 5) is 0. The fourth-order valence-electron chi connectivity index (χ4n) is 6.08. The Morgan fingerprint density at radius 3 is 2.65 bits per heavy atom. The molecule has 1 aromatic rings. The molecule has 3 saturated carbocycles. The van der Waals surface area contributed by atoms with E-state index in [1.54, 1.807) is 0 Å². The standard InChI is InChI=1S/C19H26O/c1-10-6-12(3)19(20)17(7-10)15-5-4-14-13-8-11(2)16(9-13)18(14)15/h6-7,11,13-16,18,20H,4-5,8-9H2,1-3H3. The lowest BCUT2D eigenvalue weighted by Crippen LogP contribution is -2.26. The summed E-state index contributed by atoms with van der Waals surface area (Å²) >= 11 is 0. The maximum Gasteiger partial charge on any atom is 0.121 e. The fourth-order valence-corrected chi connectivity index (χ4v) is 6.08. The molecule has 20 heavy (non-hydrogen) atoms. The van der Waals surface area contributed by atoms with Gasteiger partial charge in [-0.3, -0.25) is 0 Å². The summed E-state index contributed by atoms with van der Waals surface area (Å²) in [5, 5.41) is 10.5. The zero-order valence-electron chi connectivity index (χ0n) is 12.9. The molecule has 0 spiro atoms. The molecule has 3 aliphatic carbocycles. The average Bonchev–Trinajstić information content (AvgIpc) is 3.04. The molecule has 1 N–H and O–H groups in total. The molecule has 0 heterocycles. The van der Waals surface area contributed by atoms with Crippen molar-refractivity contribution in [2.24, 2.45) is 29.6 Å². The van der Waals surface area contributed by atoms with E-state index in [9.17, 15) is 5.11 Å². The lowest BCUT2D eigenvalue weighted by Gasteiger charge is -2.33. The largest absolute Gasteiger partial charge is 0.507 e. The molecule has 1 nitrogen and oxygen atoms in total. The van der Waals surface area contributed by atoms with Gasteiger partial charge in [0.15, 0.2) is 0 Å². The second-order valence-corrected chi connectivity index (χ2v) is 7.82. The summed E-state index contributed by atoms with van der Waals surface area (Å²) in [7, 11) is 0. The number of fused-ring (bicyclic) bond motifs is 5. The van der Waals surface area contributed by atoms with Gasteiger partial charge >= 0.3 is 0 Å². The minimum absolute atomic E-state index is 0.580. The molecule has 3 aliphatic rings. The van der Waals surface area contributed by atoms with Crippen molar-refractivity contribution in [3.63, 3.8) is 0 Å². The number of rotatable bonds is 1. The average molecular weight is 270 g/mol. The van der Waals surface area contributed by atoms with Gasteiger partial charge in [0.1, 0.15) is 5.75 Å². The van der Waals surface area contributed by atoms with Crippen molar-refractivity contribution < 1.29 is 5.11 Å². The Labute approximate surface area is 122 Å². The highest BCUT2D eigenvalue weighted by Gasteiger charge is 2.56. The normalized spacial score (nSPS) is 42.1. The van der Waals surface area contributed by atoms with Crippen LogP contribution >= 0.6 is 0 Å². The van der Waals surface area contributed by atoms with Crippen molar-refractivity contribution in [3.8, 4) is 5.75 Å². The maximum atomic E-state index is 10.5. The molecule has 3 fully saturated rings. The van der Waals surface area contributed by atoms with E-state index in [-0.39, 0.29) is 0 Å². The van der Waals surface area contributed by atoms with E-state index in [1.165, 1.54) is 36.8 Å². The van der Waals surface area contributed by atoms with E-state index in [0.717, 1.165) is 35.2 Å². The van der Waals surface area contributed by atoms with E-state index >= 15 is 0 Å². The number of benzene rings is 1. The van der Waals surface area contributed by atoms with Gasteiger partial charge in [0.25, 0.3) is 0 Å². The van der Waals surface area contributed by atoms with Crippen LogP contribution in [0.4, 0.5) is 0 Å². The zero-order chi connectivity index (χ0) is 14.0. The molecule has 0 aromatic heterocycles. The second kappa shape index (κ2) is 4.26. The maximum absolute atomic E-state index is 10.5. The first-order valence-electron chi connectivity index (χ1n) is 8.36. The molecule has 1 heteroatoms. The predicted octanol–water partition coefficient (Wildman–Crippen LogP) is 4.79. The molecule has 0 aliphatic heterocycles. The highest BCUT2D eigenvalue weighted by molar-refractivity contribution is 5.45. The van der Waals surface area contributed by atoms with Crippen LogP contribution in [0.2, 0.25) is 0 Å². The highest BCUT2D eigenvalue weighted by Crippen LogP contribution is 2.65. The number of aryl methyl sites for hydroxylation is 2. The van der Waals surface area contributed by atoms with Crippen molar-refractivity contribution >= 4 is 0 Å². The van der Waals surface area contributed by atoms with E-state index in [1.807, 2.05) is 6.92 Å². The van der Waals surface area contributed by atoms with Crippen LogP contribution in [0.3, 0.4) is 0 Å². The Kier molecular flexibility index (Phi) is 2.71. The van der Waals surface area contributed by atoms with E-state index in [2.05, 4.69) is 26.0 Å². The van der Waals surface area contributed by atoms with Crippen LogP contribution in [0.25, 0.3) is 0 Å². The van der Waals surface area contributed by atoms with Gasteiger partial charge in [-0.25, -0.2) is 0 Å². The van der Waals surface area contributed by atoms with Crippen molar-refractivity contribution in [2.75, 3.05) is 0 Å². The first kappa shape index (κ1) is 12.7. The van der Waals surface area contributed by atoms with Gasteiger partial charge < -0.3 is 5.11 Å². The number of hydrogen-bond donors (Lipinski definition) is 1. The molecule has 4 rings (SSSR count). The number of phenolic OH excluding ortho intramolecular Hbond substituents is 1. The van der Waals surface area contributed by atoms with Gasteiger partial charge in [-0.15, -0.1) is 0 Å². The molecular weight excluding hydrogens is 244 g/mol. The number of phenols is 1. The van der Waals surface area contributed by atoms with Crippen LogP contribution in [-0.2, 0) is 0 Å². The Morgan fingerprint density at radius 2 is 1.85 bits per heavy atom. The monoisotopic (exact) mass is 270 g/mol. The Morgan fingerprint density at radius 1 is 1.05 bits per heavy atom. The van der Waals surface area contributed by atoms with E-state index in [0.29, 0.717) is 11.7 Å². The summed E-state index contributed by atoms with van der Waals surface area (Å²) in [6.07, 6.45) is 5.64. The van der Waals surface area contributed by atoms with Crippen LogP contribution < -0.4 is 0 Å². The Balaban J connectivity index is 1.74. The van der Waals surface area contributed by atoms with Crippen molar-refractivity contribution in [1.82, 2.24) is 0 Å². The Hall–Kier alpha value is -0.980. The number of hydrogen-bond acceptors (Lipinski definition) is 1. The lowest BCUT2D eigenvalue weighted by molar-refractivity contribution is 0.186. The minimum atomic E-state index is 0.580. The van der Waals surface area contributed by atoms with Gasteiger partial charge in [-0.05, 0) is 86.2 Å². The summed E-state index contributed by atoms with van der Waals surface area (Å²) in [5.74, 6) is 5.86. The molecule has 6 unspecified atom stereocenters. The topological polar surface area (TPSA) is 20.2 Å². The molecule has 0 saturated heterocycles. The van der Waals surface area contributed by atoms with Gasteiger partial charge in [0.05, 0.1) is 0 Å². The zero-order valence-corrected chi connectivity index (χ0v) is 12.9. The van der Waals surface area contributed by atoms with Crippen molar-refractivity contribution in [1.29, 1.82) is 0 Å². The molecule has 108 valence electrons. The molecule has 6 atom stereocenters. The first-order chi connectivity index (χ1) is 9.56. The second-order valence-electron chi connectivity index (χ2n) is 7.82. The lowest BCUT2D eigenvalue weighted by atomic mass is 9.71. The van der Waals surface area contributed by atoms with E-state index in [4.69, 9.17) is 0 Å². The summed E-state index contributed by atoms with van der Waals surface area (Å²) in [5.41, 5.74) is 3.62. The highest BCUT2D eigenvalue weighted by atomic mass is 16.3. The third-order valence-corrected chi connectivity index (χ3v) is 6.72. The first-order valence-corrected chi connectivity index (χ1v) is 8.36. The SMILES string of the molecule is Cc1cc(C)c(O)c(C2CCC3C4CC(C)C(C4)C23)c1. The molecule has 1 aromatic carbocycles. The fraction of sp³-hybridized carbons (Fsp3) is 0.684. The van der Waals surface area contributed by atoms with Crippen LogP contribution in [0.1, 0.15) is 55.2 Å². The predicted molar refractivity (Wildman–Crippen MR) is 81.9 cm³/mol. The van der Waals surface area contributed by atoms with Crippen molar-refractivity contribution in [2.45, 2.75) is 52.4 Å². The van der Waals surface area contributed by atoms with Gasteiger partial charge in [0, 0.05) is 0 Å². The smallest absolute Gasteiger partial charge is 0.121 e. The van der Waals surface area contributed by atoms with Crippen LogP contribution in [0, 0.1) is 43.4 Å². The van der Waals surface area contributed by atoms with Gasteiger partial charge in [0.2, 0.25) is 0 Å². The Bertz CT molecular complexity index is 547. The van der Waals surface area contributed by atoms with Gasteiger partial charge in [-0.1, -0.05) is 24.6 Å².